The SMILES string of the molecule is COCCCNS(=O)(=O)c1ccc(N=[N+]=[N-])cc1. The van der Waals surface area contributed by atoms with E-state index in [1.54, 1.807) is 7.11 Å². The van der Waals surface area contributed by atoms with Gasteiger partial charge in [0.25, 0.3) is 0 Å². The molecule has 0 amide bonds. The molecule has 1 rings (SSSR count). The van der Waals surface area contributed by atoms with Crippen molar-refractivity contribution in [3.8, 4) is 0 Å². The predicted molar refractivity (Wildman–Crippen MR) is 66.9 cm³/mol. The molecule has 0 fully saturated rings. The molecule has 18 heavy (non-hydrogen) atoms. The second-order valence-corrected chi connectivity index (χ2v) is 5.19. The van der Waals surface area contributed by atoms with Crippen LogP contribution in [-0.2, 0) is 14.8 Å². The number of nitrogens with zero attached hydrogens (tertiary/aromatic N) is 3. The average Bonchev–Trinajstić information content (AvgIpc) is 2.36. The first-order valence-electron chi connectivity index (χ1n) is 5.24. The Morgan fingerprint density at radius 2 is 2.06 bits per heavy atom. The minimum Gasteiger partial charge on any atom is -0.385 e. The molecule has 0 heterocycles. The molecule has 8 heteroatoms. The van der Waals surface area contributed by atoms with Gasteiger partial charge in [0.2, 0.25) is 10.0 Å². The van der Waals surface area contributed by atoms with Crippen LogP contribution in [0.2, 0.25) is 0 Å². The lowest BCUT2D eigenvalue weighted by molar-refractivity contribution is 0.196. The fraction of sp³-hybridized carbons (Fsp3) is 0.400. The first-order chi connectivity index (χ1) is 8.60. The molecule has 1 N–H and O–H groups in total. The highest BCUT2D eigenvalue weighted by atomic mass is 32.2. The summed E-state index contributed by atoms with van der Waals surface area (Å²) < 4.78 is 30.9. The van der Waals surface area contributed by atoms with Gasteiger partial charge in [0.1, 0.15) is 0 Å². The lowest BCUT2D eigenvalue weighted by Crippen LogP contribution is -2.25. The minimum absolute atomic E-state index is 0.136. The van der Waals surface area contributed by atoms with E-state index in [-0.39, 0.29) is 4.90 Å². The zero-order chi connectivity index (χ0) is 13.4. The molecule has 98 valence electrons. The fourth-order valence-corrected chi connectivity index (χ4v) is 2.32. The Kier molecular flexibility index (Phi) is 5.60. The van der Waals surface area contributed by atoms with Crippen LogP contribution in [0.15, 0.2) is 34.3 Å². The highest BCUT2D eigenvalue weighted by Gasteiger charge is 2.12. The summed E-state index contributed by atoms with van der Waals surface area (Å²) in [6.07, 6.45) is 0.604. The Labute approximate surface area is 105 Å². The number of azide groups is 1. The third kappa shape index (κ3) is 4.34. The smallest absolute Gasteiger partial charge is 0.240 e. The van der Waals surface area contributed by atoms with E-state index in [9.17, 15) is 8.42 Å². The summed E-state index contributed by atoms with van der Waals surface area (Å²) in [5, 5.41) is 3.37. The Hall–Kier alpha value is -1.60. The van der Waals surface area contributed by atoms with E-state index in [2.05, 4.69) is 14.7 Å². The molecule has 0 spiro atoms. The molecule has 0 saturated heterocycles. The number of nitrogens with one attached hydrogen (secondary N) is 1. The maximum absolute atomic E-state index is 11.8. The van der Waals surface area contributed by atoms with Crippen LogP contribution in [0.25, 0.3) is 10.4 Å². The quantitative estimate of drug-likeness (QED) is 0.354. The average molecular weight is 270 g/mol. The first kappa shape index (κ1) is 14.5. The molecule has 1 aromatic rings. The Balaban J connectivity index is 2.69. The van der Waals surface area contributed by atoms with E-state index >= 15 is 0 Å². The molecule has 0 aromatic heterocycles. The van der Waals surface area contributed by atoms with Crippen molar-refractivity contribution < 1.29 is 13.2 Å². The van der Waals surface area contributed by atoms with Gasteiger partial charge in [-0.1, -0.05) is 17.2 Å². The second-order valence-electron chi connectivity index (χ2n) is 3.43. The van der Waals surface area contributed by atoms with Crippen LogP contribution < -0.4 is 4.72 Å². The minimum atomic E-state index is -3.51. The molecule has 7 nitrogen and oxygen atoms in total. The molecule has 0 aliphatic carbocycles. The van der Waals surface area contributed by atoms with Crippen molar-refractivity contribution >= 4 is 15.7 Å². The van der Waals surface area contributed by atoms with Gasteiger partial charge in [-0.3, -0.25) is 0 Å². The van der Waals surface area contributed by atoms with E-state index in [0.717, 1.165) is 0 Å². The van der Waals surface area contributed by atoms with Gasteiger partial charge in [-0.2, -0.15) is 0 Å². The van der Waals surface area contributed by atoms with Gasteiger partial charge in [-0.05, 0) is 24.1 Å². The monoisotopic (exact) mass is 270 g/mol. The third-order valence-electron chi connectivity index (χ3n) is 2.12. The summed E-state index contributed by atoms with van der Waals surface area (Å²) in [5.74, 6) is 0. The number of rotatable bonds is 7. The summed E-state index contributed by atoms with van der Waals surface area (Å²) in [5.41, 5.74) is 8.60. The van der Waals surface area contributed by atoms with Crippen molar-refractivity contribution in [1.82, 2.24) is 4.72 Å². The third-order valence-corrected chi connectivity index (χ3v) is 3.60. The van der Waals surface area contributed by atoms with Crippen molar-refractivity contribution in [2.75, 3.05) is 20.3 Å². The topological polar surface area (TPSA) is 104 Å². The van der Waals surface area contributed by atoms with Crippen LogP contribution in [0.1, 0.15) is 6.42 Å². The molecule has 0 saturated carbocycles. The number of hydrogen-bond acceptors (Lipinski definition) is 4. The molecular weight excluding hydrogens is 256 g/mol. The molecule has 0 radical (unpaired) electrons. The van der Waals surface area contributed by atoms with Crippen molar-refractivity contribution in [3.05, 3.63) is 34.7 Å². The normalized spacial score (nSPS) is 10.9. The summed E-state index contributed by atoms with van der Waals surface area (Å²) in [6.45, 7) is 0.812. The van der Waals surface area contributed by atoms with E-state index in [1.165, 1.54) is 24.3 Å². The van der Waals surface area contributed by atoms with Gasteiger partial charge in [0.05, 0.1) is 4.90 Å². The van der Waals surface area contributed by atoms with Crippen LogP contribution in [0.4, 0.5) is 5.69 Å². The van der Waals surface area contributed by atoms with Crippen molar-refractivity contribution in [2.45, 2.75) is 11.3 Å². The predicted octanol–water partition coefficient (Wildman–Crippen LogP) is 1.94. The van der Waals surface area contributed by atoms with E-state index < -0.39 is 10.0 Å². The highest BCUT2D eigenvalue weighted by molar-refractivity contribution is 7.89. The fourth-order valence-electron chi connectivity index (χ4n) is 1.25. The van der Waals surface area contributed by atoms with Gasteiger partial charge in [-0.25, -0.2) is 13.1 Å². The molecule has 0 atom stereocenters. The van der Waals surface area contributed by atoms with Gasteiger partial charge in [0.15, 0.2) is 0 Å². The Morgan fingerprint density at radius 1 is 1.39 bits per heavy atom. The molecule has 0 aliphatic heterocycles. The molecule has 0 aliphatic rings. The molecule has 0 bridgehead atoms. The molecule has 1 aromatic carbocycles. The summed E-state index contributed by atoms with van der Waals surface area (Å²) >= 11 is 0. The molecular formula is C10H14N4O3S. The first-order valence-corrected chi connectivity index (χ1v) is 6.72. The number of benzene rings is 1. The van der Waals surface area contributed by atoms with Crippen molar-refractivity contribution in [1.29, 1.82) is 0 Å². The second kappa shape index (κ2) is 6.97. The van der Waals surface area contributed by atoms with Crippen LogP contribution >= 0.6 is 0 Å². The zero-order valence-electron chi connectivity index (χ0n) is 9.91. The van der Waals surface area contributed by atoms with Gasteiger partial charge in [0, 0.05) is 30.9 Å². The van der Waals surface area contributed by atoms with E-state index in [1.807, 2.05) is 0 Å². The number of ether oxygens (including phenoxy) is 1. The van der Waals surface area contributed by atoms with Crippen molar-refractivity contribution in [2.24, 2.45) is 5.11 Å². The molecule has 0 unspecified atom stereocenters. The number of sulfonamides is 1. The maximum Gasteiger partial charge on any atom is 0.240 e. The van der Waals surface area contributed by atoms with Crippen LogP contribution in [0, 0.1) is 0 Å². The van der Waals surface area contributed by atoms with Crippen LogP contribution in [-0.4, -0.2) is 28.7 Å². The van der Waals surface area contributed by atoms with Gasteiger partial charge >= 0.3 is 0 Å². The number of hydrogen-bond donors (Lipinski definition) is 1. The van der Waals surface area contributed by atoms with Crippen LogP contribution in [0.5, 0.6) is 0 Å². The number of methoxy groups -OCH3 is 1. The van der Waals surface area contributed by atoms with E-state index in [0.29, 0.717) is 25.3 Å². The standard InChI is InChI=1S/C10H14N4O3S/c1-17-8-2-7-12-18(15,16)10-5-3-9(4-6-10)13-14-11/h3-6,12H,2,7-8H2,1H3. The van der Waals surface area contributed by atoms with Gasteiger partial charge < -0.3 is 4.74 Å². The summed E-state index contributed by atoms with van der Waals surface area (Å²) in [7, 11) is -1.95. The summed E-state index contributed by atoms with van der Waals surface area (Å²) in [6, 6.07) is 5.68. The zero-order valence-corrected chi connectivity index (χ0v) is 10.7. The Bertz CT molecular complexity index is 521. The van der Waals surface area contributed by atoms with Gasteiger partial charge in [-0.15, -0.1) is 0 Å². The highest BCUT2D eigenvalue weighted by Crippen LogP contribution is 2.16. The summed E-state index contributed by atoms with van der Waals surface area (Å²) in [4.78, 5) is 2.75. The van der Waals surface area contributed by atoms with Crippen LogP contribution in [0.3, 0.4) is 0 Å². The lowest BCUT2D eigenvalue weighted by Gasteiger charge is -2.06. The maximum atomic E-state index is 11.8. The van der Waals surface area contributed by atoms with E-state index in [4.69, 9.17) is 10.3 Å². The Morgan fingerprint density at radius 3 is 2.61 bits per heavy atom. The largest absolute Gasteiger partial charge is 0.385 e. The lowest BCUT2D eigenvalue weighted by atomic mass is 10.3. The van der Waals surface area contributed by atoms with Crippen molar-refractivity contribution in [3.63, 3.8) is 0 Å².